The lowest BCUT2D eigenvalue weighted by atomic mass is 9.98. The minimum Gasteiger partial charge on any atom is -0.492 e. The number of carbonyl (C=O) groups is 1. The minimum absolute atomic E-state index is 0.128. The van der Waals surface area contributed by atoms with Gasteiger partial charge in [0, 0.05) is 0 Å². The summed E-state index contributed by atoms with van der Waals surface area (Å²) in [5, 5.41) is 9.32. The molecular weight excluding hydrogens is 240 g/mol. The van der Waals surface area contributed by atoms with Gasteiger partial charge in [-0.05, 0) is 24.6 Å². The van der Waals surface area contributed by atoms with Crippen LogP contribution in [0.1, 0.15) is 17.0 Å². The van der Waals surface area contributed by atoms with Crippen molar-refractivity contribution in [2.24, 2.45) is 0 Å². The van der Waals surface area contributed by atoms with E-state index in [-0.39, 0.29) is 6.61 Å². The van der Waals surface area contributed by atoms with Crippen molar-refractivity contribution in [1.29, 1.82) is 0 Å². The molecule has 19 heavy (non-hydrogen) atoms. The van der Waals surface area contributed by atoms with Gasteiger partial charge in [0.05, 0.1) is 0 Å². The van der Waals surface area contributed by atoms with E-state index in [0.717, 1.165) is 11.1 Å². The van der Waals surface area contributed by atoms with E-state index in [2.05, 4.69) is 0 Å². The lowest BCUT2D eigenvalue weighted by Gasteiger charge is -2.14. The lowest BCUT2D eigenvalue weighted by Crippen LogP contribution is -2.19. The van der Waals surface area contributed by atoms with Gasteiger partial charge in [-0.1, -0.05) is 48.0 Å². The predicted molar refractivity (Wildman–Crippen MR) is 73.5 cm³/mol. The number of ether oxygens (including phenoxy) is 1. The molecule has 0 amide bonds. The molecule has 2 aromatic carbocycles. The van der Waals surface area contributed by atoms with Crippen LogP contribution in [0.3, 0.4) is 0 Å². The number of rotatable bonds is 5. The molecule has 1 N–H and O–H groups in total. The van der Waals surface area contributed by atoms with Crippen LogP contribution in [0.25, 0.3) is 0 Å². The van der Waals surface area contributed by atoms with Crippen molar-refractivity contribution < 1.29 is 14.6 Å². The fourth-order valence-electron chi connectivity index (χ4n) is 1.89. The third kappa shape index (κ3) is 3.58. The van der Waals surface area contributed by atoms with Gasteiger partial charge in [0.15, 0.2) is 0 Å². The zero-order valence-corrected chi connectivity index (χ0v) is 10.7. The average molecular weight is 256 g/mol. The van der Waals surface area contributed by atoms with Crippen LogP contribution in [-0.2, 0) is 4.79 Å². The number of hydrogen-bond donors (Lipinski definition) is 1. The second-order valence-corrected chi connectivity index (χ2v) is 4.43. The molecule has 98 valence electrons. The second-order valence-electron chi connectivity index (χ2n) is 4.43. The molecule has 1 unspecified atom stereocenters. The fraction of sp³-hybridized carbons (Fsp3) is 0.188. The fourth-order valence-corrected chi connectivity index (χ4v) is 1.89. The third-order valence-electron chi connectivity index (χ3n) is 2.90. The second kappa shape index (κ2) is 6.05. The van der Waals surface area contributed by atoms with Crippen molar-refractivity contribution in [2.75, 3.05) is 6.61 Å². The summed E-state index contributed by atoms with van der Waals surface area (Å²) in [5.74, 6) is -0.844. The summed E-state index contributed by atoms with van der Waals surface area (Å²) in [7, 11) is 0. The highest BCUT2D eigenvalue weighted by Crippen LogP contribution is 2.19. The van der Waals surface area contributed by atoms with Crippen molar-refractivity contribution >= 4 is 5.97 Å². The predicted octanol–water partition coefficient (Wildman–Crippen LogP) is 3.24. The van der Waals surface area contributed by atoms with Crippen molar-refractivity contribution in [3.05, 3.63) is 65.7 Å². The van der Waals surface area contributed by atoms with E-state index >= 15 is 0 Å². The van der Waals surface area contributed by atoms with Gasteiger partial charge in [0.2, 0.25) is 0 Å². The third-order valence-corrected chi connectivity index (χ3v) is 2.90. The monoisotopic (exact) mass is 256 g/mol. The molecule has 0 aliphatic rings. The summed E-state index contributed by atoms with van der Waals surface area (Å²) < 4.78 is 5.54. The molecule has 3 nitrogen and oxygen atoms in total. The summed E-state index contributed by atoms with van der Waals surface area (Å²) in [6.07, 6.45) is 0. The number of hydrogen-bond acceptors (Lipinski definition) is 2. The minimum atomic E-state index is -0.874. The molecule has 2 aromatic rings. The van der Waals surface area contributed by atoms with E-state index in [1.54, 1.807) is 0 Å². The van der Waals surface area contributed by atoms with Crippen LogP contribution < -0.4 is 4.74 Å². The molecule has 0 fully saturated rings. The Bertz CT molecular complexity index is 549. The highest BCUT2D eigenvalue weighted by Gasteiger charge is 2.20. The number of carboxylic acids is 1. The maximum Gasteiger partial charge on any atom is 0.314 e. The van der Waals surface area contributed by atoms with Crippen LogP contribution in [0.5, 0.6) is 5.75 Å². The topological polar surface area (TPSA) is 46.5 Å². The van der Waals surface area contributed by atoms with Crippen LogP contribution in [0, 0.1) is 6.92 Å². The summed E-state index contributed by atoms with van der Waals surface area (Å²) in [6, 6.07) is 16.7. The first-order chi connectivity index (χ1) is 9.16. The first kappa shape index (κ1) is 13.1. The maximum absolute atomic E-state index is 11.4. The molecule has 0 saturated carbocycles. The van der Waals surface area contributed by atoms with E-state index < -0.39 is 11.9 Å². The van der Waals surface area contributed by atoms with Crippen LogP contribution >= 0.6 is 0 Å². The maximum atomic E-state index is 11.4. The average Bonchev–Trinajstić information content (AvgIpc) is 2.40. The van der Waals surface area contributed by atoms with E-state index in [0.29, 0.717) is 5.75 Å². The SMILES string of the molecule is Cc1cccc(C(COc2ccccc2)C(=O)O)c1. The molecule has 0 saturated heterocycles. The highest BCUT2D eigenvalue weighted by molar-refractivity contribution is 5.76. The molecule has 0 radical (unpaired) electrons. The Morgan fingerprint density at radius 1 is 1.16 bits per heavy atom. The normalized spacial score (nSPS) is 11.8. The van der Waals surface area contributed by atoms with Crippen LogP contribution in [0.4, 0.5) is 0 Å². The molecule has 0 aliphatic carbocycles. The lowest BCUT2D eigenvalue weighted by molar-refractivity contribution is -0.139. The van der Waals surface area contributed by atoms with Gasteiger partial charge in [-0.25, -0.2) is 0 Å². The van der Waals surface area contributed by atoms with Gasteiger partial charge in [-0.15, -0.1) is 0 Å². The van der Waals surface area contributed by atoms with Crippen molar-refractivity contribution in [2.45, 2.75) is 12.8 Å². The summed E-state index contributed by atoms with van der Waals surface area (Å²) in [5.41, 5.74) is 1.81. The van der Waals surface area contributed by atoms with Gasteiger partial charge >= 0.3 is 5.97 Å². The van der Waals surface area contributed by atoms with Crippen LogP contribution in [0.15, 0.2) is 54.6 Å². The van der Waals surface area contributed by atoms with Gasteiger partial charge in [0.1, 0.15) is 18.3 Å². The van der Waals surface area contributed by atoms with E-state index in [4.69, 9.17) is 4.74 Å². The summed E-state index contributed by atoms with van der Waals surface area (Å²) in [6.45, 7) is 2.07. The first-order valence-corrected chi connectivity index (χ1v) is 6.14. The molecule has 0 aromatic heterocycles. The van der Waals surface area contributed by atoms with Crippen molar-refractivity contribution in [3.63, 3.8) is 0 Å². The smallest absolute Gasteiger partial charge is 0.314 e. The molecule has 0 spiro atoms. The zero-order valence-electron chi connectivity index (χ0n) is 10.7. The molecule has 0 aliphatic heterocycles. The van der Waals surface area contributed by atoms with Crippen LogP contribution in [-0.4, -0.2) is 17.7 Å². The van der Waals surface area contributed by atoms with Gasteiger partial charge in [-0.3, -0.25) is 4.79 Å². The number of para-hydroxylation sites is 1. The summed E-state index contributed by atoms with van der Waals surface area (Å²) >= 11 is 0. The zero-order chi connectivity index (χ0) is 13.7. The Labute approximate surface area is 112 Å². The molecule has 0 bridgehead atoms. The quantitative estimate of drug-likeness (QED) is 0.893. The largest absolute Gasteiger partial charge is 0.492 e. The van der Waals surface area contributed by atoms with E-state index in [1.807, 2.05) is 61.5 Å². The Morgan fingerprint density at radius 3 is 2.53 bits per heavy atom. The van der Waals surface area contributed by atoms with Gasteiger partial charge in [-0.2, -0.15) is 0 Å². The molecular formula is C16H16O3. The van der Waals surface area contributed by atoms with Crippen molar-refractivity contribution in [3.8, 4) is 5.75 Å². The number of benzene rings is 2. The Kier molecular flexibility index (Phi) is 4.18. The highest BCUT2D eigenvalue weighted by atomic mass is 16.5. The standard InChI is InChI=1S/C16H16O3/c1-12-6-5-7-13(10-12)15(16(17)18)11-19-14-8-3-2-4-9-14/h2-10,15H,11H2,1H3,(H,17,18). The Morgan fingerprint density at radius 2 is 1.89 bits per heavy atom. The van der Waals surface area contributed by atoms with E-state index in [9.17, 15) is 9.90 Å². The Balaban J connectivity index is 2.11. The molecule has 1 atom stereocenters. The van der Waals surface area contributed by atoms with Crippen LogP contribution in [0.2, 0.25) is 0 Å². The van der Waals surface area contributed by atoms with Gasteiger partial charge in [0.25, 0.3) is 0 Å². The number of carboxylic acid groups (broad SMARTS) is 1. The number of aryl methyl sites for hydroxylation is 1. The first-order valence-electron chi connectivity index (χ1n) is 6.14. The number of aliphatic carboxylic acids is 1. The molecule has 2 rings (SSSR count). The van der Waals surface area contributed by atoms with E-state index in [1.165, 1.54) is 0 Å². The Hall–Kier alpha value is -2.29. The van der Waals surface area contributed by atoms with Crippen molar-refractivity contribution in [1.82, 2.24) is 0 Å². The molecule has 0 heterocycles. The summed E-state index contributed by atoms with van der Waals surface area (Å²) in [4.78, 5) is 11.4. The molecule has 3 heteroatoms. The van der Waals surface area contributed by atoms with Gasteiger partial charge < -0.3 is 9.84 Å².